The van der Waals surface area contributed by atoms with E-state index in [-0.39, 0.29) is 0 Å². The van der Waals surface area contributed by atoms with Crippen molar-refractivity contribution in [1.29, 1.82) is 0 Å². The molecule has 0 bridgehead atoms. The molecule has 0 aromatic carbocycles. The summed E-state index contributed by atoms with van der Waals surface area (Å²) in [5.74, 6) is 0.970. The smallest absolute Gasteiger partial charge is 0.221 e. The zero-order valence-corrected chi connectivity index (χ0v) is 24.4. The summed E-state index contributed by atoms with van der Waals surface area (Å²) in [6.45, 7) is 22.0. The standard InChI is InChI=1S/C22H33N5.C5H9Cl.C2H6/c1-6-9-14-25(15-10-7-2)16-20-18(5)24-22-26(17(4)8-3)21-19(27(20)22)12-11-13-23-21;1-3-4-5(2)6;1-2/h8,11-13H,6-7,9-10,14-16H2,1-5H3;4H,3H2,1-2H3;1-2H3/b17-8+;5-4+;. The molecular formula is C29H48ClN5. The maximum absolute atomic E-state index is 5.44. The highest BCUT2D eigenvalue weighted by Crippen LogP contribution is 2.26. The highest BCUT2D eigenvalue weighted by Gasteiger charge is 2.21. The summed E-state index contributed by atoms with van der Waals surface area (Å²) < 4.78 is 4.49. The number of nitrogens with zero attached hydrogens (tertiary/aromatic N) is 5. The Bertz CT molecular complexity index is 1060. The first-order valence-corrected chi connectivity index (χ1v) is 13.8. The van der Waals surface area contributed by atoms with Crippen LogP contribution in [-0.2, 0) is 6.54 Å². The number of rotatable bonds is 10. The van der Waals surface area contributed by atoms with Crippen LogP contribution in [0.3, 0.4) is 0 Å². The van der Waals surface area contributed by atoms with Crippen LogP contribution in [0.25, 0.3) is 22.6 Å². The first kappa shape index (κ1) is 30.9. The van der Waals surface area contributed by atoms with Gasteiger partial charge in [0.15, 0.2) is 5.65 Å². The zero-order chi connectivity index (χ0) is 26.4. The molecule has 0 fully saturated rings. The Morgan fingerprint density at radius 1 is 1.09 bits per heavy atom. The van der Waals surface area contributed by atoms with Crippen LogP contribution in [0.15, 0.2) is 35.5 Å². The van der Waals surface area contributed by atoms with E-state index in [4.69, 9.17) is 16.6 Å². The molecule has 0 atom stereocenters. The van der Waals surface area contributed by atoms with Crippen LogP contribution in [0.1, 0.15) is 98.9 Å². The van der Waals surface area contributed by atoms with Crippen molar-refractivity contribution in [2.45, 2.75) is 101 Å². The van der Waals surface area contributed by atoms with E-state index in [9.17, 15) is 0 Å². The van der Waals surface area contributed by atoms with Crippen molar-refractivity contribution in [2.75, 3.05) is 13.1 Å². The Morgan fingerprint density at radius 2 is 1.71 bits per heavy atom. The average Bonchev–Trinajstić information content (AvgIpc) is 3.34. The van der Waals surface area contributed by atoms with Gasteiger partial charge in [0.1, 0.15) is 0 Å². The summed E-state index contributed by atoms with van der Waals surface area (Å²) in [6, 6.07) is 4.17. The molecule has 0 aliphatic carbocycles. The van der Waals surface area contributed by atoms with Gasteiger partial charge in [0, 0.05) is 23.5 Å². The maximum atomic E-state index is 5.44. The Kier molecular flexibility index (Phi) is 14.6. The Morgan fingerprint density at radius 3 is 2.20 bits per heavy atom. The van der Waals surface area contributed by atoms with Gasteiger partial charge in [-0.1, -0.05) is 71.2 Å². The molecule has 3 aromatic heterocycles. The Balaban J connectivity index is 0.000000670. The fourth-order valence-electron chi connectivity index (χ4n) is 3.95. The normalized spacial score (nSPS) is 12.1. The second-order valence-electron chi connectivity index (χ2n) is 8.57. The van der Waals surface area contributed by atoms with Crippen LogP contribution in [-0.4, -0.2) is 36.9 Å². The molecule has 3 rings (SSSR count). The van der Waals surface area contributed by atoms with Gasteiger partial charge in [0.2, 0.25) is 5.78 Å². The molecule has 0 aliphatic heterocycles. The van der Waals surface area contributed by atoms with E-state index in [1.807, 2.05) is 39.1 Å². The molecule has 0 amide bonds. The number of unbranched alkanes of at least 4 members (excludes halogenated alkanes) is 2. The Labute approximate surface area is 218 Å². The minimum absolute atomic E-state index is 0.887. The molecule has 196 valence electrons. The predicted molar refractivity (Wildman–Crippen MR) is 155 cm³/mol. The molecule has 3 heterocycles. The molecule has 0 saturated carbocycles. The van der Waals surface area contributed by atoms with E-state index in [0.717, 1.165) is 59.4 Å². The van der Waals surface area contributed by atoms with Crippen molar-refractivity contribution in [3.8, 4) is 0 Å². The van der Waals surface area contributed by atoms with E-state index in [1.165, 1.54) is 31.4 Å². The lowest BCUT2D eigenvalue weighted by Gasteiger charge is -2.22. The number of aryl methyl sites for hydroxylation is 1. The molecule has 0 radical (unpaired) electrons. The number of aromatic nitrogens is 4. The summed E-state index contributed by atoms with van der Waals surface area (Å²) >= 11 is 5.44. The molecular weight excluding hydrogens is 454 g/mol. The summed E-state index contributed by atoms with van der Waals surface area (Å²) in [6.07, 6.45) is 11.9. The van der Waals surface area contributed by atoms with Gasteiger partial charge in [-0.15, -0.1) is 0 Å². The number of fused-ring (bicyclic) bond motifs is 3. The van der Waals surface area contributed by atoms with Gasteiger partial charge in [0.05, 0.1) is 16.9 Å². The molecule has 3 aromatic rings. The molecule has 0 aliphatic rings. The van der Waals surface area contributed by atoms with Crippen LogP contribution < -0.4 is 0 Å². The van der Waals surface area contributed by atoms with Gasteiger partial charge >= 0.3 is 0 Å². The monoisotopic (exact) mass is 501 g/mol. The number of halogens is 1. The third-order valence-corrected chi connectivity index (χ3v) is 6.01. The van der Waals surface area contributed by atoms with Crippen molar-refractivity contribution < 1.29 is 0 Å². The largest absolute Gasteiger partial charge is 0.298 e. The summed E-state index contributed by atoms with van der Waals surface area (Å²) in [5, 5.41) is 0.887. The maximum Gasteiger partial charge on any atom is 0.221 e. The lowest BCUT2D eigenvalue weighted by Crippen LogP contribution is -2.26. The molecule has 6 heteroatoms. The van der Waals surface area contributed by atoms with Gasteiger partial charge in [-0.05, 0) is 72.2 Å². The highest BCUT2D eigenvalue weighted by molar-refractivity contribution is 6.29. The molecule has 0 unspecified atom stereocenters. The van der Waals surface area contributed by atoms with Crippen LogP contribution in [0.2, 0.25) is 0 Å². The van der Waals surface area contributed by atoms with Gasteiger partial charge in [-0.25, -0.2) is 9.97 Å². The van der Waals surface area contributed by atoms with Gasteiger partial charge in [-0.3, -0.25) is 13.9 Å². The first-order valence-electron chi connectivity index (χ1n) is 13.4. The van der Waals surface area contributed by atoms with Gasteiger partial charge in [-0.2, -0.15) is 0 Å². The number of allylic oxidation sites excluding steroid dienone is 4. The lowest BCUT2D eigenvalue weighted by molar-refractivity contribution is 0.253. The van der Waals surface area contributed by atoms with E-state index in [0.29, 0.717) is 0 Å². The number of hydrogen-bond acceptors (Lipinski definition) is 3. The van der Waals surface area contributed by atoms with Crippen molar-refractivity contribution in [2.24, 2.45) is 0 Å². The highest BCUT2D eigenvalue weighted by atomic mass is 35.5. The van der Waals surface area contributed by atoms with Crippen LogP contribution >= 0.6 is 11.6 Å². The third kappa shape index (κ3) is 8.50. The van der Waals surface area contributed by atoms with Crippen LogP contribution in [0.4, 0.5) is 0 Å². The second kappa shape index (κ2) is 16.5. The van der Waals surface area contributed by atoms with Crippen LogP contribution in [0, 0.1) is 6.92 Å². The fourth-order valence-corrected chi connectivity index (χ4v) is 4.10. The Hall–Kier alpha value is -2.11. The van der Waals surface area contributed by atoms with Crippen molar-refractivity contribution in [3.63, 3.8) is 0 Å². The van der Waals surface area contributed by atoms with Crippen molar-refractivity contribution in [3.05, 3.63) is 46.9 Å². The first-order chi connectivity index (χ1) is 16.9. The minimum atomic E-state index is 0.887. The second-order valence-corrected chi connectivity index (χ2v) is 9.17. The van der Waals surface area contributed by atoms with Crippen molar-refractivity contribution in [1.82, 2.24) is 23.8 Å². The molecule has 35 heavy (non-hydrogen) atoms. The van der Waals surface area contributed by atoms with Gasteiger partial charge in [0.25, 0.3) is 0 Å². The van der Waals surface area contributed by atoms with Crippen LogP contribution in [0.5, 0.6) is 0 Å². The minimum Gasteiger partial charge on any atom is -0.298 e. The SMILES string of the molecule is C/C=C(\C)n1c2ncccc2n2c(CN(CCCC)CCCC)c(C)nc12.CC.CC/C=C(\C)Cl. The van der Waals surface area contributed by atoms with E-state index >= 15 is 0 Å². The quantitative estimate of drug-likeness (QED) is 0.278. The number of pyridine rings is 1. The molecule has 5 nitrogen and oxygen atoms in total. The van der Waals surface area contributed by atoms with E-state index in [2.05, 4.69) is 72.5 Å². The molecule has 0 N–H and O–H groups in total. The lowest BCUT2D eigenvalue weighted by atomic mass is 10.2. The van der Waals surface area contributed by atoms with E-state index < -0.39 is 0 Å². The molecule has 0 spiro atoms. The van der Waals surface area contributed by atoms with E-state index in [1.54, 1.807) is 0 Å². The van der Waals surface area contributed by atoms with Gasteiger partial charge < -0.3 is 0 Å². The third-order valence-electron chi connectivity index (χ3n) is 5.86. The van der Waals surface area contributed by atoms with Crippen molar-refractivity contribution >= 4 is 34.2 Å². The summed E-state index contributed by atoms with van der Waals surface area (Å²) in [4.78, 5) is 12.2. The summed E-state index contributed by atoms with van der Waals surface area (Å²) in [5.41, 5.74) is 5.67. The topological polar surface area (TPSA) is 38.4 Å². The zero-order valence-electron chi connectivity index (χ0n) is 23.7. The molecule has 0 saturated heterocycles. The predicted octanol–water partition coefficient (Wildman–Crippen LogP) is 8.84. The summed E-state index contributed by atoms with van der Waals surface area (Å²) in [7, 11) is 0. The number of imidazole rings is 2. The average molecular weight is 502 g/mol. The number of hydrogen-bond donors (Lipinski definition) is 0. The fraction of sp³-hybridized carbons (Fsp3) is 0.586.